The topological polar surface area (TPSA) is 99.1 Å². The van der Waals surface area contributed by atoms with Gasteiger partial charge in [-0.15, -0.1) is 0 Å². The summed E-state index contributed by atoms with van der Waals surface area (Å²) in [6.45, 7) is 2.97. The molecule has 0 radical (unpaired) electrons. The fourth-order valence-electron chi connectivity index (χ4n) is 2.37. The molecule has 2 heterocycles. The third-order valence-corrected chi connectivity index (χ3v) is 4.15. The zero-order valence-electron chi connectivity index (χ0n) is 14.6. The lowest BCUT2D eigenvalue weighted by Gasteiger charge is -2.16. The quantitative estimate of drug-likeness (QED) is 0.540. The van der Waals surface area contributed by atoms with Crippen molar-refractivity contribution < 1.29 is 22.9 Å². The molecule has 0 aliphatic rings. The van der Waals surface area contributed by atoms with Gasteiger partial charge in [0.2, 0.25) is 11.6 Å². The van der Waals surface area contributed by atoms with Crippen LogP contribution in [0.4, 0.5) is 18.9 Å². The molecule has 0 N–H and O–H groups in total. The Labute approximate surface area is 156 Å². The minimum absolute atomic E-state index is 0.0270. The number of rotatable bonds is 6. The lowest BCUT2D eigenvalue weighted by molar-refractivity contribution is -0.388. The van der Waals surface area contributed by atoms with Crippen LogP contribution in [0.2, 0.25) is 5.02 Å². The van der Waals surface area contributed by atoms with Crippen LogP contribution in [0, 0.1) is 17.0 Å². The Morgan fingerprint density at radius 1 is 1.41 bits per heavy atom. The molecular formula is C14H16ClF3N6O3. The van der Waals surface area contributed by atoms with Gasteiger partial charge in [0.25, 0.3) is 0 Å². The molecular weight excluding hydrogens is 393 g/mol. The number of carbonyl (C=O) groups excluding carboxylic acids is 1. The van der Waals surface area contributed by atoms with Gasteiger partial charge in [0, 0.05) is 19.8 Å². The minimum Gasteiger partial charge on any atom is -0.338 e. The summed E-state index contributed by atoms with van der Waals surface area (Å²) >= 11 is 6.03. The van der Waals surface area contributed by atoms with Gasteiger partial charge in [0.05, 0.1) is 16.5 Å². The van der Waals surface area contributed by atoms with Crippen molar-refractivity contribution in [2.45, 2.75) is 39.7 Å². The Kier molecular flexibility index (Phi) is 5.78. The normalized spacial score (nSPS) is 11.7. The third kappa shape index (κ3) is 4.38. The largest absolute Gasteiger partial charge is 0.442 e. The molecule has 0 saturated carbocycles. The van der Waals surface area contributed by atoms with Crippen molar-refractivity contribution in [3.63, 3.8) is 0 Å². The average Bonchev–Trinajstić information content (AvgIpc) is 3.07. The summed E-state index contributed by atoms with van der Waals surface area (Å²) < 4.78 is 41.1. The number of hydrogen-bond acceptors (Lipinski definition) is 5. The van der Waals surface area contributed by atoms with Crippen LogP contribution in [0.15, 0.2) is 6.20 Å². The van der Waals surface area contributed by atoms with Gasteiger partial charge in [-0.3, -0.25) is 24.3 Å². The zero-order chi connectivity index (χ0) is 20.5. The van der Waals surface area contributed by atoms with Crippen LogP contribution in [0.5, 0.6) is 0 Å². The van der Waals surface area contributed by atoms with E-state index in [1.54, 1.807) is 10.9 Å². The average molecular weight is 409 g/mol. The number of alkyl halides is 3. The molecule has 0 spiro atoms. The van der Waals surface area contributed by atoms with Gasteiger partial charge in [-0.25, -0.2) is 0 Å². The van der Waals surface area contributed by atoms with Gasteiger partial charge >= 0.3 is 11.9 Å². The Morgan fingerprint density at radius 3 is 2.48 bits per heavy atom. The highest BCUT2D eigenvalue weighted by molar-refractivity contribution is 6.31. The molecule has 0 atom stereocenters. The van der Waals surface area contributed by atoms with Crippen LogP contribution in [-0.4, -0.2) is 42.3 Å². The second-order valence-electron chi connectivity index (χ2n) is 5.72. The van der Waals surface area contributed by atoms with Gasteiger partial charge in [0.15, 0.2) is 0 Å². The number of carbonyl (C=O) groups is 1. The molecule has 2 rings (SSSR count). The first-order valence-corrected chi connectivity index (χ1v) is 8.08. The first-order chi connectivity index (χ1) is 12.5. The van der Waals surface area contributed by atoms with E-state index in [0.29, 0.717) is 21.9 Å². The van der Waals surface area contributed by atoms with Gasteiger partial charge in [0.1, 0.15) is 17.9 Å². The number of aryl methyl sites for hydroxylation is 1. The summed E-state index contributed by atoms with van der Waals surface area (Å²) in [5.74, 6) is -0.605. The Bertz CT molecular complexity index is 876. The molecule has 13 heteroatoms. The van der Waals surface area contributed by atoms with Crippen molar-refractivity contribution in [2.24, 2.45) is 0 Å². The highest BCUT2D eigenvalue weighted by Gasteiger charge is 2.44. The van der Waals surface area contributed by atoms with Crippen LogP contribution < -0.4 is 0 Å². The maximum Gasteiger partial charge on any atom is 0.442 e. The molecule has 0 unspecified atom stereocenters. The highest BCUT2D eigenvalue weighted by atomic mass is 35.5. The minimum atomic E-state index is -5.01. The molecule has 148 valence electrons. The molecule has 0 saturated heterocycles. The summed E-state index contributed by atoms with van der Waals surface area (Å²) in [4.78, 5) is 23.3. The monoisotopic (exact) mass is 408 g/mol. The lowest BCUT2D eigenvalue weighted by Crippen LogP contribution is -2.30. The molecule has 0 bridgehead atoms. The summed E-state index contributed by atoms with van der Waals surface area (Å²) in [7, 11) is 1.42. The van der Waals surface area contributed by atoms with Crippen LogP contribution in [-0.2, 0) is 30.6 Å². The molecule has 9 nitrogen and oxygen atoms in total. The van der Waals surface area contributed by atoms with E-state index in [-0.39, 0.29) is 12.2 Å². The first-order valence-electron chi connectivity index (χ1n) is 7.70. The molecule has 2 aromatic rings. The third-order valence-electron chi connectivity index (χ3n) is 3.83. The molecule has 0 aliphatic heterocycles. The highest BCUT2D eigenvalue weighted by Crippen LogP contribution is 2.36. The predicted molar refractivity (Wildman–Crippen MR) is 88.0 cm³/mol. The molecule has 0 fully saturated rings. The van der Waals surface area contributed by atoms with Crippen molar-refractivity contribution >= 4 is 23.2 Å². The summed E-state index contributed by atoms with van der Waals surface area (Å²) in [6.07, 6.45) is -3.42. The van der Waals surface area contributed by atoms with Gasteiger partial charge in [-0.1, -0.05) is 11.6 Å². The Hall–Kier alpha value is -2.63. The predicted octanol–water partition coefficient (Wildman–Crippen LogP) is 2.65. The maximum absolute atomic E-state index is 13.0. The van der Waals surface area contributed by atoms with E-state index < -0.39 is 34.9 Å². The second-order valence-corrected chi connectivity index (χ2v) is 6.13. The van der Waals surface area contributed by atoms with Crippen LogP contribution in [0.1, 0.15) is 24.0 Å². The Balaban J connectivity index is 2.22. The van der Waals surface area contributed by atoms with E-state index in [2.05, 4.69) is 10.2 Å². The van der Waals surface area contributed by atoms with Crippen molar-refractivity contribution in [3.8, 4) is 0 Å². The standard InChI is InChI=1S/C14H16ClF3N6O3/c1-4-22-5-9(15)10(19-22)6-21(3)11(25)7-23-8(2)12(24(26)27)13(20-23)14(16,17)18/h5H,4,6-7H2,1-3H3. The van der Waals surface area contributed by atoms with E-state index in [4.69, 9.17) is 11.6 Å². The van der Waals surface area contributed by atoms with Crippen LogP contribution in [0.3, 0.4) is 0 Å². The number of aromatic nitrogens is 4. The molecule has 0 aromatic carbocycles. The van der Waals surface area contributed by atoms with Crippen LogP contribution >= 0.6 is 11.6 Å². The number of nitrogens with zero attached hydrogens (tertiary/aromatic N) is 6. The number of halogens is 4. The molecule has 2 aromatic heterocycles. The summed E-state index contributed by atoms with van der Waals surface area (Å²) in [5.41, 5.74) is -2.73. The first kappa shape index (κ1) is 20.7. The fourth-order valence-corrected chi connectivity index (χ4v) is 2.58. The number of likely N-dealkylation sites (N-methyl/N-ethyl adjacent to an activating group) is 1. The summed E-state index contributed by atoms with van der Waals surface area (Å²) in [6, 6.07) is 0. The number of amides is 1. The van der Waals surface area contributed by atoms with Crippen molar-refractivity contribution in [3.05, 3.63) is 38.4 Å². The molecule has 27 heavy (non-hydrogen) atoms. The molecule has 0 aliphatic carbocycles. The van der Waals surface area contributed by atoms with E-state index in [1.165, 1.54) is 11.9 Å². The van der Waals surface area contributed by atoms with Crippen molar-refractivity contribution in [1.29, 1.82) is 0 Å². The van der Waals surface area contributed by atoms with E-state index in [1.807, 2.05) is 6.92 Å². The fraction of sp³-hybridized carbons (Fsp3) is 0.500. The number of nitro groups is 1. The molecule has 1 amide bonds. The van der Waals surface area contributed by atoms with Crippen molar-refractivity contribution in [1.82, 2.24) is 24.5 Å². The van der Waals surface area contributed by atoms with Gasteiger partial charge in [-0.05, 0) is 13.8 Å². The SMILES string of the molecule is CCn1cc(Cl)c(CN(C)C(=O)Cn2nc(C(F)(F)F)c([N+](=O)[O-])c2C)n1. The van der Waals surface area contributed by atoms with Crippen LogP contribution in [0.25, 0.3) is 0 Å². The van der Waals surface area contributed by atoms with E-state index >= 15 is 0 Å². The van der Waals surface area contributed by atoms with Gasteiger partial charge in [-0.2, -0.15) is 23.4 Å². The maximum atomic E-state index is 13.0. The summed E-state index contributed by atoms with van der Waals surface area (Å²) in [5, 5.41) is 18.7. The van der Waals surface area contributed by atoms with E-state index in [9.17, 15) is 28.1 Å². The zero-order valence-corrected chi connectivity index (χ0v) is 15.4. The number of hydrogen-bond donors (Lipinski definition) is 0. The van der Waals surface area contributed by atoms with Crippen molar-refractivity contribution in [2.75, 3.05) is 7.05 Å². The van der Waals surface area contributed by atoms with Gasteiger partial charge < -0.3 is 4.90 Å². The van der Waals surface area contributed by atoms with E-state index in [0.717, 1.165) is 6.92 Å². The lowest BCUT2D eigenvalue weighted by atomic mass is 10.3. The smallest absolute Gasteiger partial charge is 0.338 e. The second kappa shape index (κ2) is 7.55. The Morgan fingerprint density at radius 2 is 2.04 bits per heavy atom.